The van der Waals surface area contributed by atoms with E-state index in [-0.39, 0.29) is 0 Å². The van der Waals surface area contributed by atoms with Gasteiger partial charge in [0.1, 0.15) is 0 Å². The van der Waals surface area contributed by atoms with Crippen LogP contribution < -0.4 is 11.1 Å². The fourth-order valence-corrected chi connectivity index (χ4v) is 1.65. The molecule has 2 rings (SSSR count). The second kappa shape index (κ2) is 6.76. The summed E-state index contributed by atoms with van der Waals surface area (Å²) in [5.74, 6) is 0. The minimum Gasteiger partial charge on any atom is -0.371 e. The molecule has 0 amide bonds. The van der Waals surface area contributed by atoms with Gasteiger partial charge in [-0.3, -0.25) is 0 Å². The molecule has 3 N–H and O–H groups in total. The van der Waals surface area contributed by atoms with Crippen molar-refractivity contribution >= 4 is 0 Å². The highest BCUT2D eigenvalue weighted by molar-refractivity contribution is 5.26. The molecular weight excluding hydrogens is 176 g/mol. The number of rotatable bonds is 1. The third kappa shape index (κ3) is 3.25. The van der Waals surface area contributed by atoms with E-state index in [4.69, 9.17) is 4.74 Å². The highest BCUT2D eigenvalue weighted by Gasteiger charge is 2.16. The molecule has 3 nitrogen and oxygen atoms in total. The van der Waals surface area contributed by atoms with Crippen LogP contribution in [0, 0.1) is 0 Å². The van der Waals surface area contributed by atoms with Gasteiger partial charge in [0.15, 0.2) is 0 Å². The number of ether oxygens (including phenoxy) is 1. The van der Waals surface area contributed by atoms with Crippen molar-refractivity contribution in [1.82, 2.24) is 5.32 Å². The van der Waals surface area contributed by atoms with Crippen LogP contribution in [0.3, 0.4) is 0 Å². The lowest BCUT2D eigenvalue weighted by Crippen LogP contribution is -2.39. The Balaban J connectivity index is 0.000000461. The smallest absolute Gasteiger partial charge is 0.0946 e. The Bertz CT molecular complexity index is 205. The maximum atomic E-state index is 5.64. The maximum absolute atomic E-state index is 5.64. The molecule has 0 unspecified atom stereocenters. The van der Waals surface area contributed by atoms with E-state index in [0.29, 0.717) is 6.10 Å². The van der Waals surface area contributed by atoms with Crippen LogP contribution in [0.4, 0.5) is 0 Å². The predicted molar refractivity (Wildman–Crippen MR) is 59.2 cm³/mol. The monoisotopic (exact) mass is 196 g/mol. The first-order chi connectivity index (χ1) is 6.97. The fourth-order valence-electron chi connectivity index (χ4n) is 1.65. The van der Waals surface area contributed by atoms with Gasteiger partial charge in [-0.25, -0.2) is 0 Å². The van der Waals surface area contributed by atoms with E-state index in [1.165, 1.54) is 25.5 Å². The van der Waals surface area contributed by atoms with Crippen LogP contribution in [0.1, 0.15) is 12.8 Å². The molecule has 1 atom stereocenters. The van der Waals surface area contributed by atoms with Crippen molar-refractivity contribution in [3.05, 3.63) is 23.8 Å². The molecule has 0 saturated carbocycles. The lowest BCUT2D eigenvalue weighted by atomic mass is 10.0. The van der Waals surface area contributed by atoms with Gasteiger partial charge < -0.3 is 15.8 Å². The topological polar surface area (TPSA) is 47.3 Å². The lowest BCUT2D eigenvalue weighted by molar-refractivity contribution is 0.0536. The Morgan fingerprint density at radius 1 is 1.43 bits per heavy atom. The Morgan fingerprint density at radius 3 is 2.86 bits per heavy atom. The van der Waals surface area contributed by atoms with Crippen LogP contribution in [0.25, 0.3) is 0 Å². The van der Waals surface area contributed by atoms with Gasteiger partial charge in [-0.15, -0.1) is 0 Å². The van der Waals surface area contributed by atoms with Gasteiger partial charge in [-0.1, -0.05) is 18.2 Å². The van der Waals surface area contributed by atoms with Gasteiger partial charge >= 0.3 is 0 Å². The summed E-state index contributed by atoms with van der Waals surface area (Å²) in [6, 6.07) is 0. The largest absolute Gasteiger partial charge is 0.371 e. The third-order valence-electron chi connectivity index (χ3n) is 2.32. The Labute approximate surface area is 86.0 Å². The molecule has 1 aliphatic heterocycles. The summed E-state index contributed by atoms with van der Waals surface area (Å²) in [4.78, 5) is 0. The normalized spacial score (nSPS) is 26.1. The third-order valence-corrected chi connectivity index (χ3v) is 2.32. The number of nitrogens with one attached hydrogen (secondary N) is 1. The zero-order valence-electron chi connectivity index (χ0n) is 8.83. The highest BCUT2D eigenvalue weighted by atomic mass is 16.5. The summed E-state index contributed by atoms with van der Waals surface area (Å²) in [7, 11) is 1.50. The average molecular weight is 196 g/mol. The SMILES string of the molecule is C1=CC([C@@H]2CNCCO2)=CCC1.CN. The summed E-state index contributed by atoms with van der Waals surface area (Å²) in [5, 5.41) is 3.33. The molecule has 1 heterocycles. The quantitative estimate of drug-likeness (QED) is 0.653. The molecule has 1 aliphatic carbocycles. The van der Waals surface area contributed by atoms with E-state index in [2.05, 4.69) is 29.3 Å². The van der Waals surface area contributed by atoms with Crippen molar-refractivity contribution in [3.8, 4) is 0 Å². The summed E-state index contributed by atoms with van der Waals surface area (Å²) in [5.41, 5.74) is 5.86. The van der Waals surface area contributed by atoms with E-state index in [1.54, 1.807) is 0 Å². The molecule has 0 aromatic rings. The average Bonchev–Trinajstić information content (AvgIpc) is 2.34. The minimum absolute atomic E-state index is 0.301. The predicted octanol–water partition coefficient (Wildman–Crippen LogP) is 0.826. The van der Waals surface area contributed by atoms with E-state index < -0.39 is 0 Å². The molecule has 3 heteroatoms. The zero-order chi connectivity index (χ0) is 10.2. The van der Waals surface area contributed by atoms with Crippen molar-refractivity contribution in [2.75, 3.05) is 26.7 Å². The van der Waals surface area contributed by atoms with Gasteiger partial charge in [-0.2, -0.15) is 0 Å². The maximum Gasteiger partial charge on any atom is 0.0946 e. The zero-order valence-corrected chi connectivity index (χ0v) is 8.83. The van der Waals surface area contributed by atoms with Gasteiger partial charge in [0, 0.05) is 13.1 Å². The van der Waals surface area contributed by atoms with Crippen LogP contribution in [0.2, 0.25) is 0 Å². The van der Waals surface area contributed by atoms with E-state index in [1.807, 2.05) is 0 Å². The number of hydrogen-bond donors (Lipinski definition) is 2. The molecule has 0 radical (unpaired) electrons. The van der Waals surface area contributed by atoms with Crippen LogP contribution in [-0.4, -0.2) is 32.8 Å². The standard InChI is InChI=1S/C10H15NO.CH5N/c1-2-4-9(5-3-1)10-8-11-6-7-12-10;1-2/h2,4-5,10-11H,1,3,6-8H2;2H2,1H3/t10-;/m0./s1. The number of allylic oxidation sites excluding steroid dienone is 2. The molecule has 0 bridgehead atoms. The molecular formula is C11H20N2O. The first kappa shape index (κ1) is 11.4. The van der Waals surface area contributed by atoms with E-state index in [9.17, 15) is 0 Å². The molecule has 0 aromatic carbocycles. The lowest BCUT2D eigenvalue weighted by Gasteiger charge is -2.25. The molecule has 14 heavy (non-hydrogen) atoms. The number of hydrogen-bond acceptors (Lipinski definition) is 3. The van der Waals surface area contributed by atoms with Crippen LogP contribution in [0.5, 0.6) is 0 Å². The fraction of sp³-hybridized carbons (Fsp3) is 0.636. The first-order valence-electron chi connectivity index (χ1n) is 5.23. The van der Waals surface area contributed by atoms with Crippen molar-refractivity contribution in [3.63, 3.8) is 0 Å². The minimum atomic E-state index is 0.301. The van der Waals surface area contributed by atoms with Crippen molar-refractivity contribution in [2.45, 2.75) is 18.9 Å². The number of nitrogens with two attached hydrogens (primary N) is 1. The molecule has 1 saturated heterocycles. The van der Waals surface area contributed by atoms with Gasteiger partial charge in [0.25, 0.3) is 0 Å². The van der Waals surface area contributed by atoms with Crippen LogP contribution in [-0.2, 0) is 4.74 Å². The number of morpholine rings is 1. The Kier molecular flexibility index (Phi) is 5.52. The Hall–Kier alpha value is -0.640. The van der Waals surface area contributed by atoms with Gasteiger partial charge in [0.05, 0.1) is 12.7 Å². The van der Waals surface area contributed by atoms with Gasteiger partial charge in [-0.05, 0) is 25.5 Å². The van der Waals surface area contributed by atoms with E-state index >= 15 is 0 Å². The second-order valence-corrected chi connectivity index (χ2v) is 3.25. The molecule has 2 aliphatic rings. The summed E-state index contributed by atoms with van der Waals surface area (Å²) >= 11 is 0. The first-order valence-corrected chi connectivity index (χ1v) is 5.23. The van der Waals surface area contributed by atoms with Gasteiger partial charge in [0.2, 0.25) is 0 Å². The van der Waals surface area contributed by atoms with E-state index in [0.717, 1.165) is 19.7 Å². The molecule has 0 spiro atoms. The summed E-state index contributed by atoms with van der Waals surface area (Å²) in [6.07, 6.45) is 9.37. The van der Waals surface area contributed by atoms with Crippen LogP contribution >= 0.6 is 0 Å². The summed E-state index contributed by atoms with van der Waals surface area (Å²) < 4.78 is 5.64. The Morgan fingerprint density at radius 2 is 2.29 bits per heavy atom. The second-order valence-electron chi connectivity index (χ2n) is 3.25. The van der Waals surface area contributed by atoms with Crippen molar-refractivity contribution < 1.29 is 4.74 Å². The van der Waals surface area contributed by atoms with Crippen molar-refractivity contribution in [1.29, 1.82) is 0 Å². The molecule has 0 aromatic heterocycles. The molecule has 1 fully saturated rings. The summed E-state index contributed by atoms with van der Waals surface area (Å²) in [6.45, 7) is 2.81. The van der Waals surface area contributed by atoms with Crippen molar-refractivity contribution in [2.24, 2.45) is 5.73 Å². The van der Waals surface area contributed by atoms with Crippen LogP contribution in [0.15, 0.2) is 23.8 Å². The highest BCUT2D eigenvalue weighted by Crippen LogP contribution is 2.16. The molecule has 80 valence electrons.